The highest BCUT2D eigenvalue weighted by Gasteiger charge is 2.34. The number of hydrogen-bond acceptors (Lipinski definition) is 3. The highest BCUT2D eigenvalue weighted by Crippen LogP contribution is 2.30. The molecule has 4 N–H and O–H groups in total. The molecule has 0 radical (unpaired) electrons. The van der Waals surface area contributed by atoms with Crippen molar-refractivity contribution in [3.63, 3.8) is 0 Å². The van der Waals surface area contributed by atoms with E-state index in [0.29, 0.717) is 18.1 Å². The summed E-state index contributed by atoms with van der Waals surface area (Å²) >= 11 is 0. The van der Waals surface area contributed by atoms with Crippen molar-refractivity contribution in [2.45, 2.75) is 63.6 Å². The lowest BCUT2D eigenvalue weighted by Crippen LogP contribution is -2.52. The van der Waals surface area contributed by atoms with Crippen molar-refractivity contribution in [2.75, 3.05) is 6.54 Å². The monoisotopic (exact) mass is 239 g/mol. The number of primary amides is 1. The lowest BCUT2D eigenvalue weighted by atomic mass is 9.85. The molecule has 17 heavy (non-hydrogen) atoms. The Morgan fingerprint density at radius 1 is 1.24 bits per heavy atom. The highest BCUT2D eigenvalue weighted by molar-refractivity contribution is 5.77. The minimum absolute atomic E-state index is 0.0457. The fraction of sp³-hybridized carbons (Fsp3) is 0.923. The Kier molecular flexibility index (Phi) is 4.05. The molecule has 4 unspecified atom stereocenters. The quantitative estimate of drug-likeness (QED) is 0.750. The normalized spacial score (nSPS) is 40.1. The standard InChI is InChI=1S/C13H25N3O/c1-9-5-6-10(13(15)17)8-16(9)12-4-2-3-11(14)7-12/h9-12H,2-8,14H2,1H3,(H2,15,17). The van der Waals surface area contributed by atoms with Crippen LogP contribution in [-0.4, -0.2) is 35.5 Å². The van der Waals surface area contributed by atoms with Gasteiger partial charge in [-0.05, 0) is 39.0 Å². The second-order valence-electron chi connectivity index (χ2n) is 5.80. The second kappa shape index (κ2) is 5.36. The van der Waals surface area contributed by atoms with Gasteiger partial charge >= 0.3 is 0 Å². The predicted molar refractivity (Wildman–Crippen MR) is 68.3 cm³/mol. The van der Waals surface area contributed by atoms with E-state index in [0.717, 1.165) is 32.2 Å². The number of rotatable bonds is 2. The van der Waals surface area contributed by atoms with Gasteiger partial charge < -0.3 is 11.5 Å². The molecule has 1 saturated carbocycles. The van der Waals surface area contributed by atoms with Crippen molar-refractivity contribution >= 4 is 5.91 Å². The van der Waals surface area contributed by atoms with E-state index in [1.54, 1.807) is 0 Å². The van der Waals surface area contributed by atoms with Crippen LogP contribution >= 0.6 is 0 Å². The topological polar surface area (TPSA) is 72.4 Å². The fourth-order valence-corrected chi connectivity index (χ4v) is 3.38. The largest absolute Gasteiger partial charge is 0.369 e. The molecule has 0 aromatic heterocycles. The van der Waals surface area contributed by atoms with E-state index >= 15 is 0 Å². The van der Waals surface area contributed by atoms with Gasteiger partial charge in [-0.2, -0.15) is 0 Å². The summed E-state index contributed by atoms with van der Waals surface area (Å²) in [5.41, 5.74) is 11.5. The van der Waals surface area contributed by atoms with Crippen LogP contribution in [0.3, 0.4) is 0 Å². The third-order valence-corrected chi connectivity index (χ3v) is 4.49. The van der Waals surface area contributed by atoms with E-state index in [9.17, 15) is 4.79 Å². The van der Waals surface area contributed by atoms with Gasteiger partial charge in [0.25, 0.3) is 0 Å². The average molecular weight is 239 g/mol. The SMILES string of the molecule is CC1CCC(C(N)=O)CN1C1CCCC(N)C1. The van der Waals surface area contributed by atoms with Crippen molar-refractivity contribution in [1.82, 2.24) is 4.90 Å². The van der Waals surface area contributed by atoms with Gasteiger partial charge in [-0.1, -0.05) is 6.42 Å². The first-order valence-corrected chi connectivity index (χ1v) is 6.88. The minimum atomic E-state index is -0.137. The Morgan fingerprint density at radius 3 is 2.65 bits per heavy atom. The van der Waals surface area contributed by atoms with E-state index in [2.05, 4.69) is 11.8 Å². The summed E-state index contributed by atoms with van der Waals surface area (Å²) in [5.74, 6) is -0.0913. The first-order chi connectivity index (χ1) is 8.08. The molecule has 98 valence electrons. The van der Waals surface area contributed by atoms with Gasteiger partial charge in [-0.3, -0.25) is 9.69 Å². The zero-order chi connectivity index (χ0) is 12.4. The van der Waals surface area contributed by atoms with Crippen LogP contribution in [0.25, 0.3) is 0 Å². The van der Waals surface area contributed by atoms with Crippen molar-refractivity contribution < 1.29 is 4.79 Å². The third kappa shape index (κ3) is 2.99. The van der Waals surface area contributed by atoms with Gasteiger partial charge in [-0.15, -0.1) is 0 Å². The number of carbonyl (C=O) groups excluding carboxylic acids is 1. The van der Waals surface area contributed by atoms with Gasteiger partial charge in [0.1, 0.15) is 0 Å². The van der Waals surface area contributed by atoms with Crippen molar-refractivity contribution in [3.8, 4) is 0 Å². The number of nitrogens with zero attached hydrogens (tertiary/aromatic N) is 1. The van der Waals surface area contributed by atoms with E-state index in [4.69, 9.17) is 11.5 Å². The van der Waals surface area contributed by atoms with Crippen LogP contribution in [0.15, 0.2) is 0 Å². The fourth-order valence-electron chi connectivity index (χ4n) is 3.38. The smallest absolute Gasteiger partial charge is 0.221 e. The number of amides is 1. The zero-order valence-corrected chi connectivity index (χ0v) is 10.8. The summed E-state index contributed by atoms with van der Waals surface area (Å²) in [6.07, 6.45) is 6.71. The Morgan fingerprint density at radius 2 is 2.00 bits per heavy atom. The molecule has 4 heteroatoms. The molecule has 1 amide bonds. The Balaban J connectivity index is 1.99. The average Bonchev–Trinajstić information content (AvgIpc) is 2.29. The molecule has 4 nitrogen and oxygen atoms in total. The zero-order valence-electron chi connectivity index (χ0n) is 10.8. The van der Waals surface area contributed by atoms with Gasteiger partial charge in [0, 0.05) is 24.7 Å². The van der Waals surface area contributed by atoms with Crippen molar-refractivity contribution in [2.24, 2.45) is 17.4 Å². The number of hydrogen-bond donors (Lipinski definition) is 2. The molecule has 2 aliphatic rings. The third-order valence-electron chi connectivity index (χ3n) is 4.49. The molecule has 4 atom stereocenters. The van der Waals surface area contributed by atoms with Crippen LogP contribution in [0.4, 0.5) is 0 Å². The summed E-state index contributed by atoms with van der Waals surface area (Å²) < 4.78 is 0. The maximum Gasteiger partial charge on any atom is 0.221 e. The maximum absolute atomic E-state index is 11.3. The van der Waals surface area contributed by atoms with Crippen LogP contribution in [0.2, 0.25) is 0 Å². The Bertz CT molecular complexity index is 282. The number of carbonyl (C=O) groups is 1. The van der Waals surface area contributed by atoms with Crippen LogP contribution < -0.4 is 11.5 Å². The molecule has 2 rings (SSSR count). The molecular formula is C13H25N3O. The van der Waals surface area contributed by atoms with Crippen LogP contribution in [0.1, 0.15) is 45.4 Å². The first kappa shape index (κ1) is 12.8. The molecule has 0 spiro atoms. The number of likely N-dealkylation sites (tertiary alicyclic amines) is 1. The molecule has 1 saturated heterocycles. The number of nitrogens with two attached hydrogens (primary N) is 2. The lowest BCUT2D eigenvalue weighted by molar-refractivity contribution is -0.124. The summed E-state index contributed by atoms with van der Waals surface area (Å²) in [7, 11) is 0. The molecule has 0 bridgehead atoms. The molecule has 1 aliphatic heterocycles. The Labute approximate surface area is 104 Å². The molecular weight excluding hydrogens is 214 g/mol. The van der Waals surface area contributed by atoms with Crippen LogP contribution in [0.5, 0.6) is 0 Å². The molecule has 0 aromatic rings. The van der Waals surface area contributed by atoms with Crippen LogP contribution in [-0.2, 0) is 4.79 Å². The molecule has 2 fully saturated rings. The molecule has 0 aromatic carbocycles. The second-order valence-corrected chi connectivity index (χ2v) is 5.80. The highest BCUT2D eigenvalue weighted by atomic mass is 16.1. The van der Waals surface area contributed by atoms with E-state index < -0.39 is 0 Å². The molecule has 1 aliphatic carbocycles. The minimum Gasteiger partial charge on any atom is -0.369 e. The summed E-state index contributed by atoms with van der Waals surface area (Å²) in [5, 5.41) is 0. The van der Waals surface area contributed by atoms with Crippen molar-refractivity contribution in [3.05, 3.63) is 0 Å². The first-order valence-electron chi connectivity index (χ1n) is 6.88. The molecule has 1 heterocycles. The van der Waals surface area contributed by atoms with E-state index in [1.165, 1.54) is 12.8 Å². The summed E-state index contributed by atoms with van der Waals surface area (Å²) in [6.45, 7) is 3.10. The van der Waals surface area contributed by atoms with Crippen LogP contribution in [0, 0.1) is 5.92 Å². The van der Waals surface area contributed by atoms with E-state index in [-0.39, 0.29) is 11.8 Å². The van der Waals surface area contributed by atoms with E-state index in [1.807, 2.05) is 0 Å². The van der Waals surface area contributed by atoms with Crippen molar-refractivity contribution in [1.29, 1.82) is 0 Å². The summed E-state index contributed by atoms with van der Waals surface area (Å²) in [6, 6.07) is 1.48. The lowest BCUT2D eigenvalue weighted by Gasteiger charge is -2.44. The maximum atomic E-state index is 11.3. The number of piperidine rings is 1. The van der Waals surface area contributed by atoms with Gasteiger partial charge in [0.15, 0.2) is 0 Å². The van der Waals surface area contributed by atoms with Gasteiger partial charge in [-0.25, -0.2) is 0 Å². The van der Waals surface area contributed by atoms with Gasteiger partial charge in [0.05, 0.1) is 5.92 Å². The predicted octanol–water partition coefficient (Wildman–Crippen LogP) is 0.842. The summed E-state index contributed by atoms with van der Waals surface area (Å²) in [4.78, 5) is 13.8. The van der Waals surface area contributed by atoms with Gasteiger partial charge in [0.2, 0.25) is 5.91 Å². The Hall–Kier alpha value is -0.610.